The Bertz CT molecular complexity index is 1270. The predicted octanol–water partition coefficient (Wildman–Crippen LogP) is 5.30. The molecule has 172 valence electrons. The number of nitrogens with zero attached hydrogens (tertiary/aromatic N) is 4. The van der Waals surface area contributed by atoms with Crippen LogP contribution in [-0.2, 0) is 16.4 Å². The molecule has 1 aromatic heterocycles. The second-order valence-electron chi connectivity index (χ2n) is 7.59. The van der Waals surface area contributed by atoms with E-state index in [1.807, 2.05) is 34.5 Å². The second kappa shape index (κ2) is 10.1. The number of sulfonamides is 1. The van der Waals surface area contributed by atoms with E-state index in [4.69, 9.17) is 4.98 Å². The van der Waals surface area contributed by atoms with Crippen molar-refractivity contribution in [3.8, 4) is 11.3 Å². The van der Waals surface area contributed by atoms with Crippen molar-refractivity contribution in [3.63, 3.8) is 0 Å². The third kappa shape index (κ3) is 5.84. The molecule has 0 saturated carbocycles. The first-order chi connectivity index (χ1) is 15.8. The van der Waals surface area contributed by atoms with E-state index in [0.717, 1.165) is 53.1 Å². The molecule has 0 unspecified atom stereocenters. The summed E-state index contributed by atoms with van der Waals surface area (Å²) in [7, 11) is -4.03. The molecule has 1 aliphatic heterocycles. The number of thiazole rings is 1. The molecule has 8 nitrogen and oxygen atoms in total. The fourth-order valence-electron chi connectivity index (χ4n) is 3.57. The zero-order valence-corrected chi connectivity index (χ0v) is 20.8. The van der Waals surface area contributed by atoms with Crippen LogP contribution in [0.1, 0.15) is 24.3 Å². The van der Waals surface area contributed by atoms with Gasteiger partial charge in [-0.2, -0.15) is 8.42 Å². The van der Waals surface area contributed by atoms with Crippen LogP contribution in [0.15, 0.2) is 67.7 Å². The normalized spacial score (nSPS) is 14.9. The van der Waals surface area contributed by atoms with Crippen LogP contribution in [0.3, 0.4) is 0 Å². The van der Waals surface area contributed by atoms with Crippen molar-refractivity contribution in [2.24, 2.45) is 4.40 Å². The zero-order chi connectivity index (χ0) is 23.4. The van der Waals surface area contributed by atoms with E-state index in [9.17, 15) is 18.5 Å². The van der Waals surface area contributed by atoms with Gasteiger partial charge in [0.05, 0.1) is 21.9 Å². The number of piperidine rings is 1. The average Bonchev–Trinajstić information content (AvgIpc) is 3.28. The molecule has 11 heteroatoms. The minimum absolute atomic E-state index is 0.0719. The smallest absolute Gasteiger partial charge is 0.283 e. The van der Waals surface area contributed by atoms with Crippen molar-refractivity contribution in [1.82, 2.24) is 9.88 Å². The number of amidine groups is 1. The highest BCUT2D eigenvalue weighted by Gasteiger charge is 2.22. The minimum Gasteiger partial charge on any atom is -0.359 e. The molecule has 0 atom stereocenters. The zero-order valence-electron chi connectivity index (χ0n) is 17.6. The molecular formula is C22H21BrN4O4S2. The maximum atomic E-state index is 13.0. The van der Waals surface area contributed by atoms with Crippen LogP contribution < -0.4 is 0 Å². The highest BCUT2D eigenvalue weighted by molar-refractivity contribution is 9.10. The molecule has 2 aromatic carbocycles. The van der Waals surface area contributed by atoms with Crippen LogP contribution in [0.5, 0.6) is 0 Å². The topological polar surface area (TPSA) is 106 Å². The van der Waals surface area contributed by atoms with Crippen molar-refractivity contribution in [2.75, 3.05) is 13.1 Å². The van der Waals surface area contributed by atoms with Crippen molar-refractivity contribution < 1.29 is 13.3 Å². The Kier molecular flexibility index (Phi) is 7.20. The predicted molar refractivity (Wildman–Crippen MR) is 132 cm³/mol. The summed E-state index contributed by atoms with van der Waals surface area (Å²) in [6.07, 6.45) is 3.34. The lowest BCUT2D eigenvalue weighted by atomic mass is 10.1. The van der Waals surface area contributed by atoms with Gasteiger partial charge in [0.25, 0.3) is 15.7 Å². The monoisotopic (exact) mass is 548 g/mol. The maximum absolute atomic E-state index is 13.0. The number of likely N-dealkylation sites (tertiary alicyclic amines) is 1. The molecular weight excluding hydrogens is 528 g/mol. The molecule has 4 rings (SSSR count). The molecule has 0 spiro atoms. The Morgan fingerprint density at radius 2 is 1.76 bits per heavy atom. The summed E-state index contributed by atoms with van der Waals surface area (Å²) in [4.78, 5) is 17.0. The van der Waals surface area contributed by atoms with E-state index in [2.05, 4.69) is 20.3 Å². The fraction of sp³-hybridized carbons (Fsp3) is 0.273. The number of nitro groups is 1. The third-order valence-corrected chi connectivity index (χ3v) is 7.99. The van der Waals surface area contributed by atoms with E-state index >= 15 is 0 Å². The molecule has 0 bridgehead atoms. The molecule has 0 N–H and O–H groups in total. The Labute approximate surface area is 204 Å². The Morgan fingerprint density at radius 3 is 2.39 bits per heavy atom. The number of nitro benzene ring substituents is 1. The van der Waals surface area contributed by atoms with Crippen molar-refractivity contribution in [3.05, 3.63) is 73.5 Å². The highest BCUT2D eigenvalue weighted by Crippen LogP contribution is 2.25. The molecule has 0 amide bonds. The lowest BCUT2D eigenvalue weighted by Crippen LogP contribution is -2.37. The standard InChI is InChI=1S/C22H21BrN4O4S2/c23-17-6-4-16(5-7-17)20-15-32-22(24-20)14-21(26-12-2-1-3-13-26)25-33(30,31)19-10-8-18(9-11-19)27(28)29/h4-11,15H,1-3,12-14H2/b25-21+. The van der Waals surface area contributed by atoms with E-state index in [1.165, 1.54) is 35.6 Å². The first-order valence-corrected chi connectivity index (χ1v) is 13.5. The largest absolute Gasteiger partial charge is 0.359 e. The minimum atomic E-state index is -4.03. The third-order valence-electron chi connectivity index (χ3n) is 5.29. The summed E-state index contributed by atoms with van der Waals surface area (Å²) in [6.45, 7) is 1.47. The van der Waals surface area contributed by atoms with Gasteiger partial charge in [0.2, 0.25) is 0 Å². The van der Waals surface area contributed by atoms with Gasteiger partial charge >= 0.3 is 0 Å². The van der Waals surface area contributed by atoms with Crippen LogP contribution in [0.4, 0.5) is 5.69 Å². The molecule has 1 aliphatic rings. The number of halogens is 1. The van der Waals surface area contributed by atoms with Gasteiger partial charge < -0.3 is 4.90 Å². The van der Waals surface area contributed by atoms with E-state index in [0.29, 0.717) is 12.3 Å². The van der Waals surface area contributed by atoms with Gasteiger partial charge in [-0.05, 0) is 43.5 Å². The first-order valence-electron chi connectivity index (χ1n) is 10.4. The molecule has 0 aliphatic carbocycles. The van der Waals surface area contributed by atoms with Crippen LogP contribution in [0.25, 0.3) is 11.3 Å². The number of hydrogen-bond donors (Lipinski definition) is 0. The number of hydrogen-bond acceptors (Lipinski definition) is 6. The molecule has 2 heterocycles. The van der Waals surface area contributed by atoms with Crippen LogP contribution in [-0.4, -0.2) is 42.2 Å². The quantitative estimate of drug-likeness (QED) is 0.179. The van der Waals surface area contributed by atoms with Crippen molar-refractivity contribution in [1.29, 1.82) is 0 Å². The van der Waals surface area contributed by atoms with E-state index in [-0.39, 0.29) is 10.6 Å². The van der Waals surface area contributed by atoms with Gasteiger partial charge in [-0.15, -0.1) is 15.7 Å². The lowest BCUT2D eigenvalue weighted by Gasteiger charge is -2.29. The number of rotatable bonds is 6. The summed E-state index contributed by atoms with van der Waals surface area (Å²) < 4.78 is 31.2. The molecule has 0 radical (unpaired) electrons. The molecule has 1 saturated heterocycles. The van der Waals surface area contributed by atoms with E-state index in [1.54, 1.807) is 0 Å². The van der Waals surface area contributed by atoms with E-state index < -0.39 is 14.9 Å². The fourth-order valence-corrected chi connectivity index (χ4v) is 5.67. The van der Waals surface area contributed by atoms with Crippen molar-refractivity contribution >= 4 is 48.8 Å². The maximum Gasteiger partial charge on any atom is 0.283 e. The van der Waals surface area contributed by atoms with Crippen LogP contribution in [0.2, 0.25) is 0 Å². The summed E-state index contributed by atoms with van der Waals surface area (Å²) in [5.41, 5.74) is 1.65. The van der Waals surface area contributed by atoms with Crippen LogP contribution in [0, 0.1) is 10.1 Å². The first kappa shape index (κ1) is 23.5. The molecule has 3 aromatic rings. The van der Waals surface area contributed by atoms with Gasteiger partial charge in [-0.1, -0.05) is 28.1 Å². The number of aromatic nitrogens is 1. The summed E-state index contributed by atoms with van der Waals surface area (Å²) in [5, 5.41) is 13.6. The Hall–Kier alpha value is -2.63. The Balaban J connectivity index is 1.63. The highest BCUT2D eigenvalue weighted by atomic mass is 79.9. The summed E-state index contributed by atoms with van der Waals surface area (Å²) in [5.74, 6) is 0.449. The van der Waals surface area contributed by atoms with Gasteiger partial charge in [-0.3, -0.25) is 10.1 Å². The SMILES string of the molecule is O=[N+]([O-])c1ccc(S(=O)(=O)/N=C(\Cc2nc(-c3ccc(Br)cc3)cs2)N2CCCCC2)cc1. The van der Waals surface area contributed by atoms with Gasteiger partial charge in [0.1, 0.15) is 10.8 Å². The van der Waals surface area contributed by atoms with Crippen molar-refractivity contribution in [2.45, 2.75) is 30.6 Å². The number of non-ortho nitro benzene ring substituents is 1. The van der Waals surface area contributed by atoms with Crippen LogP contribution >= 0.6 is 27.3 Å². The molecule has 33 heavy (non-hydrogen) atoms. The summed E-state index contributed by atoms with van der Waals surface area (Å²) >= 11 is 4.90. The van der Waals surface area contributed by atoms with Gasteiger partial charge in [-0.25, -0.2) is 4.98 Å². The Morgan fingerprint density at radius 1 is 1.09 bits per heavy atom. The number of benzene rings is 2. The van der Waals surface area contributed by atoms with Gasteiger partial charge in [0.15, 0.2) is 0 Å². The van der Waals surface area contributed by atoms with Gasteiger partial charge in [0, 0.05) is 40.6 Å². The lowest BCUT2D eigenvalue weighted by molar-refractivity contribution is -0.384. The second-order valence-corrected chi connectivity index (χ2v) is 11.1. The molecule has 1 fully saturated rings. The summed E-state index contributed by atoms with van der Waals surface area (Å²) in [6, 6.07) is 12.6. The average molecular weight is 549 g/mol.